The predicted octanol–water partition coefficient (Wildman–Crippen LogP) is 4.04. The molecule has 7 heteroatoms. The van der Waals surface area contributed by atoms with Crippen LogP contribution < -0.4 is 5.32 Å². The summed E-state index contributed by atoms with van der Waals surface area (Å²) in [6, 6.07) is 10.7. The van der Waals surface area contributed by atoms with E-state index in [-0.39, 0.29) is 23.1 Å². The van der Waals surface area contributed by atoms with Gasteiger partial charge in [-0.05, 0) is 30.0 Å². The normalized spacial score (nSPS) is 17.8. The van der Waals surface area contributed by atoms with Crippen molar-refractivity contribution in [2.75, 3.05) is 5.75 Å². The van der Waals surface area contributed by atoms with E-state index in [1.54, 1.807) is 17.3 Å². The highest BCUT2D eigenvalue weighted by atomic mass is 35.5. The number of carbonyl (C=O) groups is 2. The van der Waals surface area contributed by atoms with Gasteiger partial charge in [0, 0.05) is 29.5 Å². The Bertz CT molecular complexity index is 831. The zero-order valence-corrected chi connectivity index (χ0v) is 17.5. The fourth-order valence-electron chi connectivity index (χ4n) is 3.29. The van der Waals surface area contributed by atoms with Gasteiger partial charge in [-0.25, -0.2) is 0 Å². The van der Waals surface area contributed by atoms with Gasteiger partial charge in [0.2, 0.25) is 11.8 Å². The Balaban J connectivity index is 1.83. The van der Waals surface area contributed by atoms with Gasteiger partial charge in [-0.3, -0.25) is 14.6 Å². The van der Waals surface area contributed by atoms with E-state index >= 15 is 0 Å². The number of nitrogens with one attached hydrogen (secondary N) is 1. The van der Waals surface area contributed by atoms with Crippen molar-refractivity contribution in [2.24, 2.45) is 5.92 Å². The van der Waals surface area contributed by atoms with Crippen LogP contribution in [-0.4, -0.2) is 33.5 Å². The smallest absolute Gasteiger partial charge is 0.243 e. The molecule has 2 atom stereocenters. The second-order valence-corrected chi connectivity index (χ2v) is 8.69. The molecule has 1 aliphatic heterocycles. The maximum absolute atomic E-state index is 13.1. The highest BCUT2D eigenvalue weighted by Gasteiger charge is 2.41. The molecular weight excluding hydrogens is 394 g/mol. The van der Waals surface area contributed by atoms with Crippen molar-refractivity contribution in [3.05, 3.63) is 64.9 Å². The van der Waals surface area contributed by atoms with Gasteiger partial charge in [0.25, 0.3) is 0 Å². The molecule has 0 radical (unpaired) electrons. The van der Waals surface area contributed by atoms with E-state index in [4.69, 9.17) is 11.6 Å². The van der Waals surface area contributed by atoms with E-state index in [0.717, 1.165) is 11.1 Å². The Hall–Kier alpha value is -2.05. The van der Waals surface area contributed by atoms with Gasteiger partial charge >= 0.3 is 0 Å². The topological polar surface area (TPSA) is 62.3 Å². The standard InChI is InChI=1S/C21H24ClN3O2S/c1-14(2)10-18(20(27)24-12-15-6-5-9-23-11-15)25-19(26)13-28-21(25)16-7-3-4-8-17(16)22/h3-9,11,14,18,21H,10,12-13H2,1-2H3,(H,24,27)/t18-,21-/m1/s1. The minimum Gasteiger partial charge on any atom is -0.350 e. The molecule has 148 valence electrons. The number of pyridine rings is 1. The van der Waals surface area contributed by atoms with Crippen LogP contribution in [0.15, 0.2) is 48.8 Å². The Kier molecular flexibility index (Phi) is 6.97. The molecule has 1 fully saturated rings. The molecule has 3 rings (SSSR count). The Morgan fingerprint density at radius 2 is 2.11 bits per heavy atom. The first kappa shape index (κ1) is 20.7. The van der Waals surface area contributed by atoms with Crippen molar-refractivity contribution in [3.8, 4) is 0 Å². The minimum atomic E-state index is -0.541. The number of thioether (sulfide) groups is 1. The summed E-state index contributed by atoms with van der Waals surface area (Å²) < 4.78 is 0. The molecule has 2 amide bonds. The second-order valence-electron chi connectivity index (χ2n) is 7.21. The summed E-state index contributed by atoms with van der Waals surface area (Å²) in [5.74, 6) is 0.433. The van der Waals surface area contributed by atoms with Gasteiger partial charge in [0.05, 0.1) is 5.75 Å². The van der Waals surface area contributed by atoms with E-state index in [9.17, 15) is 9.59 Å². The average Bonchev–Trinajstić information content (AvgIpc) is 3.06. The van der Waals surface area contributed by atoms with Gasteiger partial charge in [-0.1, -0.05) is 49.7 Å². The zero-order valence-electron chi connectivity index (χ0n) is 16.0. The molecule has 0 aliphatic carbocycles. The molecule has 0 bridgehead atoms. The molecular formula is C21H24ClN3O2S. The van der Waals surface area contributed by atoms with Crippen molar-refractivity contribution in [3.63, 3.8) is 0 Å². The Morgan fingerprint density at radius 1 is 1.32 bits per heavy atom. The first-order valence-corrected chi connectivity index (χ1v) is 10.7. The number of halogens is 1. The number of hydrogen-bond acceptors (Lipinski definition) is 4. The number of hydrogen-bond donors (Lipinski definition) is 1. The molecule has 1 N–H and O–H groups in total. The molecule has 28 heavy (non-hydrogen) atoms. The van der Waals surface area contributed by atoms with Crippen LogP contribution in [0, 0.1) is 5.92 Å². The van der Waals surface area contributed by atoms with Crippen molar-refractivity contribution in [2.45, 2.75) is 38.2 Å². The fourth-order valence-corrected chi connectivity index (χ4v) is 4.85. The van der Waals surface area contributed by atoms with Gasteiger partial charge in [0.1, 0.15) is 11.4 Å². The molecule has 1 aliphatic rings. The van der Waals surface area contributed by atoms with E-state index in [0.29, 0.717) is 23.7 Å². The maximum Gasteiger partial charge on any atom is 0.243 e. The van der Waals surface area contributed by atoms with Crippen LogP contribution in [0.25, 0.3) is 0 Å². The molecule has 2 aromatic rings. The van der Waals surface area contributed by atoms with Crippen molar-refractivity contribution in [1.29, 1.82) is 0 Å². The van der Waals surface area contributed by atoms with Crippen LogP contribution >= 0.6 is 23.4 Å². The van der Waals surface area contributed by atoms with E-state index < -0.39 is 6.04 Å². The summed E-state index contributed by atoms with van der Waals surface area (Å²) in [7, 11) is 0. The first-order valence-electron chi connectivity index (χ1n) is 9.31. The van der Waals surface area contributed by atoms with Crippen molar-refractivity contribution >= 4 is 35.2 Å². The first-order chi connectivity index (χ1) is 13.5. The van der Waals surface area contributed by atoms with E-state index in [2.05, 4.69) is 24.1 Å². The summed E-state index contributed by atoms with van der Waals surface area (Å²) in [5.41, 5.74) is 1.79. The molecule has 0 unspecified atom stereocenters. The van der Waals surface area contributed by atoms with Crippen LogP contribution in [0.1, 0.15) is 36.8 Å². The molecule has 2 heterocycles. The third kappa shape index (κ3) is 4.86. The lowest BCUT2D eigenvalue weighted by Gasteiger charge is -2.33. The van der Waals surface area contributed by atoms with Gasteiger partial charge in [-0.15, -0.1) is 11.8 Å². The zero-order chi connectivity index (χ0) is 20.1. The maximum atomic E-state index is 13.1. The third-order valence-electron chi connectivity index (χ3n) is 4.60. The highest BCUT2D eigenvalue weighted by Crippen LogP contribution is 2.43. The molecule has 1 aromatic carbocycles. The number of carbonyl (C=O) groups excluding carboxylic acids is 2. The Labute approximate surface area is 174 Å². The summed E-state index contributed by atoms with van der Waals surface area (Å²) in [6.45, 7) is 4.49. The third-order valence-corrected chi connectivity index (χ3v) is 6.15. The lowest BCUT2D eigenvalue weighted by Crippen LogP contribution is -2.49. The van der Waals surface area contributed by atoms with Gasteiger partial charge in [0.15, 0.2) is 0 Å². The second kappa shape index (κ2) is 9.43. The van der Waals surface area contributed by atoms with Crippen LogP contribution in [0.5, 0.6) is 0 Å². The van der Waals surface area contributed by atoms with Gasteiger partial charge < -0.3 is 10.2 Å². The number of rotatable bonds is 7. The summed E-state index contributed by atoms with van der Waals surface area (Å²) in [6.07, 6.45) is 4.01. The van der Waals surface area contributed by atoms with Crippen LogP contribution in [0.4, 0.5) is 0 Å². The van der Waals surface area contributed by atoms with Gasteiger partial charge in [-0.2, -0.15) is 0 Å². The summed E-state index contributed by atoms with van der Waals surface area (Å²) >= 11 is 7.90. The van der Waals surface area contributed by atoms with Crippen molar-refractivity contribution < 1.29 is 9.59 Å². The highest BCUT2D eigenvalue weighted by molar-refractivity contribution is 8.00. The molecule has 1 aromatic heterocycles. The quantitative estimate of drug-likeness (QED) is 0.738. The molecule has 0 saturated carbocycles. The van der Waals surface area contributed by atoms with E-state index in [1.165, 1.54) is 11.8 Å². The SMILES string of the molecule is CC(C)C[C@H](C(=O)NCc1cccnc1)N1C(=O)CS[C@@H]1c1ccccc1Cl. The molecule has 1 saturated heterocycles. The average molecular weight is 418 g/mol. The Morgan fingerprint density at radius 3 is 2.79 bits per heavy atom. The summed E-state index contributed by atoms with van der Waals surface area (Å²) in [5, 5.41) is 3.33. The van der Waals surface area contributed by atoms with Crippen LogP contribution in [0.2, 0.25) is 5.02 Å². The lowest BCUT2D eigenvalue weighted by molar-refractivity contribution is -0.139. The molecule has 0 spiro atoms. The minimum absolute atomic E-state index is 0.0305. The number of nitrogens with zero attached hydrogens (tertiary/aromatic N) is 2. The number of benzene rings is 1. The van der Waals surface area contributed by atoms with Crippen LogP contribution in [-0.2, 0) is 16.1 Å². The lowest BCUT2D eigenvalue weighted by atomic mass is 10.0. The van der Waals surface area contributed by atoms with Crippen molar-refractivity contribution in [1.82, 2.24) is 15.2 Å². The molecule has 5 nitrogen and oxygen atoms in total. The largest absolute Gasteiger partial charge is 0.350 e. The predicted molar refractivity (Wildman–Crippen MR) is 113 cm³/mol. The number of aromatic nitrogens is 1. The number of amides is 2. The van der Waals surface area contributed by atoms with Crippen LogP contribution in [0.3, 0.4) is 0 Å². The monoisotopic (exact) mass is 417 g/mol. The van der Waals surface area contributed by atoms with E-state index in [1.807, 2.05) is 36.4 Å². The summed E-state index contributed by atoms with van der Waals surface area (Å²) in [4.78, 5) is 31.6. The fraction of sp³-hybridized carbons (Fsp3) is 0.381.